The number of carbonyl (C=O) groups excluding carboxylic acids is 2. The molecule has 1 fully saturated rings. The van der Waals surface area contributed by atoms with Crippen LogP contribution in [-0.4, -0.2) is 57.7 Å². The van der Waals surface area contributed by atoms with Crippen molar-refractivity contribution in [1.29, 1.82) is 0 Å². The molecule has 2 N–H and O–H groups in total. The Morgan fingerprint density at radius 3 is 3.05 bits per heavy atom. The molecule has 3 rings (SSSR count). The van der Waals surface area contributed by atoms with Gasteiger partial charge in [0.25, 0.3) is 0 Å². The number of nitrogens with zero attached hydrogens (tertiary/aromatic N) is 4. The molecule has 2 aliphatic rings. The molecule has 0 spiro atoms. The van der Waals surface area contributed by atoms with Crippen molar-refractivity contribution in [1.82, 2.24) is 19.6 Å². The van der Waals surface area contributed by atoms with Crippen LogP contribution in [0.3, 0.4) is 0 Å². The summed E-state index contributed by atoms with van der Waals surface area (Å²) in [6.07, 6.45) is 5.64. The molecule has 0 saturated carbocycles. The minimum atomic E-state index is -0.379. The van der Waals surface area contributed by atoms with Crippen molar-refractivity contribution in [3.63, 3.8) is 0 Å². The number of carbonyl (C=O) groups is 2. The number of hydrogen-bond acceptors (Lipinski definition) is 3. The van der Waals surface area contributed by atoms with E-state index in [1.807, 2.05) is 6.08 Å². The van der Waals surface area contributed by atoms with Crippen molar-refractivity contribution in [2.75, 3.05) is 20.1 Å². The van der Waals surface area contributed by atoms with Crippen LogP contribution in [0, 0.1) is 0 Å². The van der Waals surface area contributed by atoms with E-state index >= 15 is 0 Å². The summed E-state index contributed by atoms with van der Waals surface area (Å²) in [5.41, 5.74) is 6.88. The molecule has 3 heterocycles. The fraction of sp³-hybridized carbons (Fsp3) is 0.417. The van der Waals surface area contributed by atoms with Crippen LogP contribution in [0.15, 0.2) is 18.5 Å². The molecule has 1 aromatic heterocycles. The first-order valence-electron chi connectivity index (χ1n) is 6.09. The summed E-state index contributed by atoms with van der Waals surface area (Å²) >= 11 is 0. The van der Waals surface area contributed by atoms with Crippen LogP contribution in [0.25, 0.3) is 5.70 Å². The third-order valence-corrected chi connectivity index (χ3v) is 3.52. The molecule has 1 aromatic rings. The van der Waals surface area contributed by atoms with Gasteiger partial charge >= 0.3 is 6.03 Å². The highest BCUT2D eigenvalue weighted by Gasteiger charge is 2.37. The molecule has 100 valence electrons. The summed E-state index contributed by atoms with van der Waals surface area (Å²) in [4.78, 5) is 26.2. The molecular formula is C12H15N5O2. The zero-order chi connectivity index (χ0) is 13.6. The van der Waals surface area contributed by atoms with Gasteiger partial charge in [-0.15, -0.1) is 0 Å². The zero-order valence-electron chi connectivity index (χ0n) is 10.6. The van der Waals surface area contributed by atoms with Crippen LogP contribution >= 0.6 is 0 Å². The van der Waals surface area contributed by atoms with Gasteiger partial charge in [0.05, 0.1) is 30.9 Å². The highest BCUT2D eigenvalue weighted by molar-refractivity contribution is 5.81. The number of primary amides is 1. The lowest BCUT2D eigenvalue weighted by atomic mass is 10.2. The molecule has 2 aliphatic heterocycles. The maximum Gasteiger partial charge on any atom is 0.320 e. The number of likely N-dealkylation sites (N-methyl/N-ethyl adjacent to an activating group) is 1. The average molecular weight is 261 g/mol. The summed E-state index contributed by atoms with van der Waals surface area (Å²) in [5.74, 6) is -0.379. The maximum absolute atomic E-state index is 11.8. The van der Waals surface area contributed by atoms with Gasteiger partial charge in [-0.1, -0.05) is 0 Å². The van der Waals surface area contributed by atoms with Crippen molar-refractivity contribution in [2.24, 2.45) is 5.73 Å². The van der Waals surface area contributed by atoms with E-state index in [9.17, 15) is 9.59 Å². The number of rotatable bonds is 3. The minimum absolute atomic E-state index is 0.0424. The Hall–Kier alpha value is -2.31. The first-order valence-corrected chi connectivity index (χ1v) is 6.09. The van der Waals surface area contributed by atoms with Gasteiger partial charge in [0.1, 0.15) is 0 Å². The normalized spacial score (nSPS) is 21.8. The third-order valence-electron chi connectivity index (χ3n) is 3.52. The fourth-order valence-corrected chi connectivity index (χ4v) is 2.52. The summed E-state index contributed by atoms with van der Waals surface area (Å²) < 4.78 is 1.71. The summed E-state index contributed by atoms with van der Waals surface area (Å²) in [6.45, 7) is 1.27. The zero-order valence-corrected chi connectivity index (χ0v) is 10.6. The standard InChI is InChI=1S/C12H15N5O2/c1-15-9-3-10(7-16(6-9)12(15)19)17-5-8(4-14-17)2-11(13)18/h3-5,9H,2,6-7H2,1H3,(H2,13,18). The van der Waals surface area contributed by atoms with Gasteiger partial charge < -0.3 is 15.5 Å². The Labute approximate surface area is 110 Å². The van der Waals surface area contributed by atoms with Crippen molar-refractivity contribution >= 4 is 17.6 Å². The van der Waals surface area contributed by atoms with Crippen LogP contribution < -0.4 is 5.73 Å². The monoisotopic (exact) mass is 261 g/mol. The summed E-state index contributed by atoms with van der Waals surface area (Å²) in [6, 6.07) is 0.140. The van der Waals surface area contributed by atoms with Gasteiger partial charge in [0.15, 0.2) is 0 Å². The smallest absolute Gasteiger partial charge is 0.320 e. The van der Waals surface area contributed by atoms with E-state index in [0.29, 0.717) is 6.54 Å². The fourth-order valence-electron chi connectivity index (χ4n) is 2.52. The number of fused-ring (bicyclic) bond motifs is 2. The Balaban J connectivity index is 1.84. The minimum Gasteiger partial charge on any atom is -0.369 e. The predicted octanol–water partition coefficient (Wildman–Crippen LogP) is -0.499. The van der Waals surface area contributed by atoms with Crippen molar-refractivity contribution in [2.45, 2.75) is 12.5 Å². The first kappa shape index (κ1) is 11.8. The molecule has 1 unspecified atom stereocenters. The topological polar surface area (TPSA) is 84.5 Å². The molecule has 0 aliphatic carbocycles. The Bertz CT molecular complexity index is 576. The lowest BCUT2D eigenvalue weighted by Crippen LogP contribution is -2.31. The van der Waals surface area contributed by atoms with Crippen molar-refractivity contribution in [3.05, 3.63) is 24.0 Å². The number of aromatic nitrogens is 2. The molecule has 1 atom stereocenters. The van der Waals surface area contributed by atoms with Crippen LogP contribution in [-0.2, 0) is 11.2 Å². The molecule has 3 amide bonds. The van der Waals surface area contributed by atoms with Crippen LogP contribution in [0.4, 0.5) is 4.79 Å². The van der Waals surface area contributed by atoms with Gasteiger partial charge in [0, 0.05) is 19.8 Å². The molecule has 19 heavy (non-hydrogen) atoms. The molecule has 7 nitrogen and oxygen atoms in total. The summed E-state index contributed by atoms with van der Waals surface area (Å²) in [5, 5.41) is 4.22. The van der Waals surface area contributed by atoms with E-state index in [1.54, 1.807) is 33.9 Å². The highest BCUT2D eigenvalue weighted by Crippen LogP contribution is 2.24. The van der Waals surface area contributed by atoms with Crippen LogP contribution in [0.5, 0.6) is 0 Å². The second-order valence-electron chi connectivity index (χ2n) is 4.94. The van der Waals surface area contributed by atoms with Gasteiger partial charge in [0.2, 0.25) is 5.91 Å². The lowest BCUT2D eigenvalue weighted by molar-refractivity contribution is -0.117. The number of urea groups is 1. The first-order chi connectivity index (χ1) is 9.04. The molecule has 0 aromatic carbocycles. The van der Waals surface area contributed by atoms with Gasteiger partial charge in [-0.25, -0.2) is 9.48 Å². The highest BCUT2D eigenvalue weighted by atomic mass is 16.2. The van der Waals surface area contributed by atoms with E-state index < -0.39 is 0 Å². The molecule has 2 bridgehead atoms. The van der Waals surface area contributed by atoms with E-state index in [1.165, 1.54) is 0 Å². The van der Waals surface area contributed by atoms with E-state index in [-0.39, 0.29) is 24.4 Å². The average Bonchev–Trinajstić information content (AvgIpc) is 2.90. The van der Waals surface area contributed by atoms with E-state index in [0.717, 1.165) is 17.8 Å². The number of amides is 3. The Morgan fingerprint density at radius 2 is 2.37 bits per heavy atom. The summed E-state index contributed by atoms with van der Waals surface area (Å²) in [7, 11) is 1.80. The molecule has 7 heteroatoms. The van der Waals surface area contributed by atoms with Crippen molar-refractivity contribution < 1.29 is 9.59 Å². The number of hydrogen-bond donors (Lipinski definition) is 1. The number of nitrogens with two attached hydrogens (primary N) is 1. The molecule has 0 radical (unpaired) electrons. The maximum atomic E-state index is 11.8. The van der Waals surface area contributed by atoms with E-state index in [2.05, 4.69) is 5.10 Å². The van der Waals surface area contributed by atoms with Gasteiger partial charge in [-0.05, 0) is 11.6 Å². The third kappa shape index (κ3) is 1.96. The largest absolute Gasteiger partial charge is 0.369 e. The molecular weight excluding hydrogens is 246 g/mol. The van der Waals surface area contributed by atoms with Crippen LogP contribution in [0.1, 0.15) is 5.56 Å². The van der Waals surface area contributed by atoms with Gasteiger partial charge in [-0.2, -0.15) is 5.10 Å². The second kappa shape index (κ2) is 4.11. The van der Waals surface area contributed by atoms with E-state index in [4.69, 9.17) is 5.73 Å². The quantitative estimate of drug-likeness (QED) is 0.796. The van der Waals surface area contributed by atoms with Crippen molar-refractivity contribution in [3.8, 4) is 0 Å². The van der Waals surface area contributed by atoms with Gasteiger partial charge in [-0.3, -0.25) is 4.79 Å². The Kier molecular flexibility index (Phi) is 2.55. The SMILES string of the molecule is CN1C(=O)N2CC(n3cc(CC(N)=O)cn3)=CC1C2. The van der Waals surface area contributed by atoms with Crippen LogP contribution in [0.2, 0.25) is 0 Å². The Morgan fingerprint density at radius 1 is 1.58 bits per heavy atom. The lowest BCUT2D eigenvalue weighted by Gasteiger charge is -2.21. The molecule has 1 saturated heterocycles. The predicted molar refractivity (Wildman–Crippen MR) is 67.9 cm³/mol. The second-order valence-corrected chi connectivity index (χ2v) is 4.94.